The van der Waals surface area contributed by atoms with Crippen molar-refractivity contribution in [3.63, 3.8) is 0 Å². The van der Waals surface area contributed by atoms with Crippen molar-refractivity contribution in [3.05, 3.63) is 65.2 Å². The van der Waals surface area contributed by atoms with Crippen LogP contribution in [-0.2, 0) is 18.3 Å². The summed E-state index contributed by atoms with van der Waals surface area (Å²) in [4.78, 5) is 0. The van der Waals surface area contributed by atoms with Gasteiger partial charge in [0.1, 0.15) is 5.75 Å². The molecule has 0 bridgehead atoms. The van der Waals surface area contributed by atoms with Crippen LogP contribution in [0.1, 0.15) is 82.4 Å². The van der Waals surface area contributed by atoms with E-state index in [0.717, 1.165) is 6.42 Å². The lowest BCUT2D eigenvalue weighted by Crippen LogP contribution is -2.20. The molecule has 0 aliphatic heterocycles. The van der Waals surface area contributed by atoms with Crippen LogP contribution in [0.25, 0.3) is 0 Å². The maximum Gasteiger partial charge on any atom is 0.115 e. The summed E-state index contributed by atoms with van der Waals surface area (Å²) in [7, 11) is 0. The number of hydrogen-bond acceptors (Lipinski definition) is 1. The summed E-state index contributed by atoms with van der Waals surface area (Å²) in [6.07, 6.45) is 11.8. The summed E-state index contributed by atoms with van der Waals surface area (Å²) in [6.45, 7) is 6.87. The average molecular weight is 353 g/mol. The van der Waals surface area contributed by atoms with Crippen LogP contribution >= 0.6 is 0 Å². The molecule has 1 N–H and O–H groups in total. The second kappa shape index (κ2) is 10.4. The summed E-state index contributed by atoms with van der Waals surface area (Å²) in [5.41, 5.74) is 4.20. The number of aromatic hydroxyl groups is 1. The molecular formula is C25H36O. The lowest BCUT2D eigenvalue weighted by atomic mass is 9.79. The molecule has 0 saturated carbocycles. The Morgan fingerprint density at radius 1 is 0.692 bits per heavy atom. The zero-order chi connectivity index (χ0) is 18.8. The molecule has 2 rings (SSSR count). The van der Waals surface area contributed by atoms with Crippen LogP contribution in [0.2, 0.25) is 0 Å². The van der Waals surface area contributed by atoms with Crippen LogP contribution < -0.4 is 0 Å². The van der Waals surface area contributed by atoms with E-state index in [1.54, 1.807) is 12.1 Å². The van der Waals surface area contributed by atoms with E-state index in [2.05, 4.69) is 45.0 Å². The third kappa shape index (κ3) is 6.86. The minimum atomic E-state index is 0.0920. The third-order valence-corrected chi connectivity index (χ3v) is 5.39. The zero-order valence-corrected chi connectivity index (χ0v) is 16.9. The van der Waals surface area contributed by atoms with E-state index in [0.29, 0.717) is 5.75 Å². The molecule has 0 aromatic heterocycles. The molecule has 1 nitrogen and oxygen atoms in total. The van der Waals surface area contributed by atoms with Crippen LogP contribution in [0.4, 0.5) is 0 Å². The van der Waals surface area contributed by atoms with E-state index >= 15 is 0 Å². The van der Waals surface area contributed by atoms with E-state index in [-0.39, 0.29) is 5.41 Å². The fraction of sp³-hybridized carbons (Fsp3) is 0.520. The lowest BCUT2D eigenvalue weighted by Gasteiger charge is -2.26. The maximum absolute atomic E-state index is 9.45. The van der Waals surface area contributed by atoms with Crippen molar-refractivity contribution < 1.29 is 5.11 Å². The molecule has 0 atom stereocenters. The summed E-state index contributed by atoms with van der Waals surface area (Å²) in [5, 5.41) is 9.45. The van der Waals surface area contributed by atoms with Gasteiger partial charge in [-0.15, -0.1) is 0 Å². The molecule has 2 aromatic rings. The summed E-state index contributed by atoms with van der Waals surface area (Å²) < 4.78 is 0. The molecule has 0 aliphatic carbocycles. The molecule has 0 spiro atoms. The number of phenols is 1. The van der Waals surface area contributed by atoms with Gasteiger partial charge in [-0.1, -0.05) is 95.7 Å². The van der Waals surface area contributed by atoms with Crippen LogP contribution in [0.15, 0.2) is 48.5 Å². The number of benzene rings is 2. The Bertz CT molecular complexity index is 622. The molecule has 0 amide bonds. The molecule has 0 heterocycles. The quantitative estimate of drug-likeness (QED) is 0.424. The largest absolute Gasteiger partial charge is 0.508 e. The van der Waals surface area contributed by atoms with Gasteiger partial charge >= 0.3 is 0 Å². The van der Waals surface area contributed by atoms with E-state index in [1.165, 1.54) is 68.1 Å². The summed E-state index contributed by atoms with van der Waals surface area (Å²) in [6, 6.07) is 16.8. The van der Waals surface area contributed by atoms with Gasteiger partial charge in [-0.05, 0) is 53.5 Å². The normalized spacial score (nSPS) is 11.7. The first-order chi connectivity index (χ1) is 12.5. The highest BCUT2D eigenvalue weighted by atomic mass is 16.3. The lowest BCUT2D eigenvalue weighted by molar-refractivity contribution is 0.474. The molecule has 0 unspecified atom stereocenters. The Kier molecular flexibility index (Phi) is 8.22. The van der Waals surface area contributed by atoms with Crippen LogP contribution in [0, 0.1) is 0 Å². The molecule has 2 aromatic carbocycles. The van der Waals surface area contributed by atoms with Crippen LogP contribution in [0.5, 0.6) is 5.75 Å². The van der Waals surface area contributed by atoms with Crippen molar-refractivity contribution in [2.45, 2.75) is 84.0 Å². The predicted octanol–water partition coefficient (Wildman–Crippen LogP) is 7.21. The second-order valence-electron chi connectivity index (χ2n) is 8.30. The molecular weight excluding hydrogens is 316 g/mol. The van der Waals surface area contributed by atoms with Crippen molar-refractivity contribution in [2.75, 3.05) is 0 Å². The molecule has 0 saturated heterocycles. The Labute approximate surface area is 160 Å². The van der Waals surface area contributed by atoms with Crippen molar-refractivity contribution >= 4 is 0 Å². The highest BCUT2D eigenvalue weighted by molar-refractivity contribution is 5.32. The van der Waals surface area contributed by atoms with Crippen LogP contribution in [0.3, 0.4) is 0 Å². The molecule has 0 radical (unpaired) electrons. The molecule has 26 heavy (non-hydrogen) atoms. The number of aryl methyl sites for hydroxylation is 1. The predicted molar refractivity (Wildman–Crippen MR) is 113 cm³/mol. The van der Waals surface area contributed by atoms with Crippen LogP contribution in [-0.4, -0.2) is 5.11 Å². The van der Waals surface area contributed by atoms with E-state index in [4.69, 9.17) is 0 Å². The third-order valence-electron chi connectivity index (χ3n) is 5.39. The monoisotopic (exact) mass is 352 g/mol. The van der Waals surface area contributed by atoms with Gasteiger partial charge in [0.15, 0.2) is 0 Å². The number of hydrogen-bond donors (Lipinski definition) is 1. The average Bonchev–Trinajstić information content (AvgIpc) is 2.63. The zero-order valence-electron chi connectivity index (χ0n) is 16.9. The van der Waals surface area contributed by atoms with Crippen molar-refractivity contribution in [1.29, 1.82) is 0 Å². The van der Waals surface area contributed by atoms with Crippen molar-refractivity contribution in [2.24, 2.45) is 0 Å². The standard InChI is InChI=1S/C25H36O/c1-4-5-6-7-8-9-10-11-21-12-16-23(17-13-21)25(2,3)20-22-14-18-24(26)19-15-22/h12-19,26H,4-11,20H2,1-3H3. The fourth-order valence-corrected chi connectivity index (χ4v) is 3.63. The molecule has 0 fully saturated rings. The number of unbranched alkanes of at least 4 members (excludes halogenated alkanes) is 6. The second-order valence-corrected chi connectivity index (χ2v) is 8.30. The minimum absolute atomic E-state index is 0.0920. The molecule has 1 heteroatoms. The van der Waals surface area contributed by atoms with Gasteiger partial charge in [0.05, 0.1) is 0 Å². The molecule has 142 valence electrons. The smallest absolute Gasteiger partial charge is 0.115 e. The van der Waals surface area contributed by atoms with Gasteiger partial charge in [0.2, 0.25) is 0 Å². The minimum Gasteiger partial charge on any atom is -0.508 e. The van der Waals surface area contributed by atoms with Gasteiger partial charge in [-0.25, -0.2) is 0 Å². The number of rotatable bonds is 11. The Morgan fingerprint density at radius 3 is 1.85 bits per heavy atom. The number of phenolic OH excluding ortho intramolecular Hbond substituents is 1. The highest BCUT2D eigenvalue weighted by Crippen LogP contribution is 2.28. The first kappa shape index (κ1) is 20.6. The summed E-state index contributed by atoms with van der Waals surface area (Å²) in [5.74, 6) is 0.335. The van der Waals surface area contributed by atoms with E-state index < -0.39 is 0 Å². The van der Waals surface area contributed by atoms with Gasteiger partial charge < -0.3 is 5.11 Å². The van der Waals surface area contributed by atoms with Gasteiger partial charge in [-0.2, -0.15) is 0 Å². The fourth-order valence-electron chi connectivity index (χ4n) is 3.63. The van der Waals surface area contributed by atoms with Gasteiger partial charge in [0, 0.05) is 0 Å². The molecule has 0 aliphatic rings. The maximum atomic E-state index is 9.45. The van der Waals surface area contributed by atoms with Gasteiger partial charge in [0.25, 0.3) is 0 Å². The SMILES string of the molecule is CCCCCCCCCc1ccc(C(C)(C)Cc2ccc(O)cc2)cc1. The highest BCUT2D eigenvalue weighted by Gasteiger charge is 2.21. The van der Waals surface area contributed by atoms with Crippen molar-refractivity contribution in [1.82, 2.24) is 0 Å². The first-order valence-corrected chi connectivity index (χ1v) is 10.4. The Hall–Kier alpha value is -1.76. The van der Waals surface area contributed by atoms with E-state index in [9.17, 15) is 5.11 Å². The first-order valence-electron chi connectivity index (χ1n) is 10.4. The Morgan fingerprint density at radius 2 is 1.23 bits per heavy atom. The van der Waals surface area contributed by atoms with Crippen molar-refractivity contribution in [3.8, 4) is 5.75 Å². The van der Waals surface area contributed by atoms with E-state index in [1.807, 2.05) is 12.1 Å². The summed E-state index contributed by atoms with van der Waals surface area (Å²) >= 11 is 0. The topological polar surface area (TPSA) is 20.2 Å². The Balaban J connectivity index is 1.80. The van der Waals surface area contributed by atoms with Gasteiger partial charge in [-0.3, -0.25) is 0 Å².